The van der Waals surface area contributed by atoms with Gasteiger partial charge >= 0.3 is 5.69 Å². The summed E-state index contributed by atoms with van der Waals surface area (Å²) in [6.45, 7) is 6.07. The highest BCUT2D eigenvalue weighted by molar-refractivity contribution is 7.92. The number of nitrogens with zero attached hydrogens (tertiary/aromatic N) is 1. The summed E-state index contributed by atoms with van der Waals surface area (Å²) in [5.41, 5.74) is 1.71. The monoisotopic (exact) mass is 467 g/mol. The van der Waals surface area contributed by atoms with E-state index in [0.29, 0.717) is 28.3 Å². The molecule has 172 valence electrons. The lowest BCUT2D eigenvalue weighted by Crippen LogP contribution is -2.28. The van der Waals surface area contributed by atoms with E-state index in [-0.39, 0.29) is 5.41 Å². The molecule has 0 fully saturated rings. The lowest BCUT2D eigenvalue weighted by Gasteiger charge is -2.24. The number of aromatic nitrogens is 2. The van der Waals surface area contributed by atoms with E-state index in [2.05, 4.69) is 21.5 Å². The third kappa shape index (κ3) is 5.93. The molecule has 3 aromatic rings. The van der Waals surface area contributed by atoms with Crippen molar-refractivity contribution in [2.45, 2.75) is 26.2 Å². The average Bonchev–Trinajstić information content (AvgIpc) is 2.71. The van der Waals surface area contributed by atoms with E-state index < -0.39 is 21.3 Å². The molecule has 0 amide bonds. The van der Waals surface area contributed by atoms with E-state index in [1.165, 1.54) is 16.8 Å². The Labute approximate surface area is 192 Å². The second kappa shape index (κ2) is 9.00. The predicted octanol–water partition coefficient (Wildman–Crippen LogP) is 2.60. The fourth-order valence-electron chi connectivity index (χ4n) is 3.22. The fraction of sp³-hybridized carbons (Fsp3) is 0.250. The molecule has 0 aliphatic rings. The first-order valence-corrected chi connectivity index (χ1v) is 11.9. The second-order valence-corrected chi connectivity index (χ2v) is 10.3. The summed E-state index contributed by atoms with van der Waals surface area (Å²) in [5.74, 6) is 6.74. The molecular formula is C24H25N3O5S. The zero-order valence-corrected chi connectivity index (χ0v) is 19.8. The van der Waals surface area contributed by atoms with Gasteiger partial charge in [-0.3, -0.25) is 19.1 Å². The number of H-pyrrole nitrogens is 1. The molecular weight excluding hydrogens is 442 g/mol. The third-order valence-corrected chi connectivity index (χ3v) is 5.32. The molecule has 0 aliphatic carbocycles. The largest absolute Gasteiger partial charge is 0.495 e. The lowest BCUT2D eigenvalue weighted by molar-refractivity contribution is 0.396. The molecule has 0 bridgehead atoms. The minimum absolute atomic E-state index is 0.317. The van der Waals surface area contributed by atoms with Crippen molar-refractivity contribution >= 4 is 15.7 Å². The van der Waals surface area contributed by atoms with Crippen LogP contribution >= 0.6 is 0 Å². The van der Waals surface area contributed by atoms with Gasteiger partial charge < -0.3 is 4.74 Å². The van der Waals surface area contributed by atoms with Crippen molar-refractivity contribution in [2.75, 3.05) is 18.1 Å². The minimum Gasteiger partial charge on any atom is -0.495 e. The molecule has 8 nitrogen and oxygen atoms in total. The number of hydrogen-bond acceptors (Lipinski definition) is 5. The molecule has 0 atom stereocenters. The number of aromatic amines is 1. The van der Waals surface area contributed by atoms with Crippen molar-refractivity contribution in [1.29, 1.82) is 0 Å². The number of sulfonamides is 1. The summed E-state index contributed by atoms with van der Waals surface area (Å²) in [7, 11) is -1.80. The summed E-state index contributed by atoms with van der Waals surface area (Å²) >= 11 is 0. The zero-order chi connectivity index (χ0) is 24.4. The van der Waals surface area contributed by atoms with Crippen molar-refractivity contribution in [3.05, 3.63) is 86.2 Å². The number of methoxy groups -OCH3 is 1. The van der Waals surface area contributed by atoms with Gasteiger partial charge in [-0.05, 0) is 41.8 Å². The number of rotatable bonds is 4. The van der Waals surface area contributed by atoms with E-state index in [4.69, 9.17) is 4.74 Å². The van der Waals surface area contributed by atoms with Crippen LogP contribution in [0.5, 0.6) is 5.75 Å². The van der Waals surface area contributed by atoms with Crippen LogP contribution in [0.2, 0.25) is 0 Å². The summed E-state index contributed by atoms with van der Waals surface area (Å²) in [5, 5.41) is 0. The normalized spacial score (nSPS) is 11.4. The van der Waals surface area contributed by atoms with Crippen LogP contribution in [0.15, 0.2) is 58.3 Å². The Morgan fingerprint density at radius 3 is 2.24 bits per heavy atom. The molecule has 0 spiro atoms. The average molecular weight is 468 g/mol. The van der Waals surface area contributed by atoms with E-state index in [1.807, 2.05) is 26.8 Å². The molecule has 0 saturated heterocycles. The molecule has 9 heteroatoms. The standard InChI is InChI=1S/C24H25N3O5S/c1-24(2,3)20-15-19(27-13-12-21(28)25-23(27)29)14-17(22(20)32-4)9-6-16-7-10-18(11-8-16)26-33(5,30)31/h7-8,10-15,26H,1-5H3,(H,25,28,29). The molecule has 2 aromatic carbocycles. The number of benzene rings is 2. The highest BCUT2D eigenvalue weighted by Gasteiger charge is 2.22. The molecule has 0 aliphatic heterocycles. The Kier molecular flexibility index (Phi) is 6.51. The van der Waals surface area contributed by atoms with Crippen LogP contribution in [0, 0.1) is 11.8 Å². The number of nitrogens with one attached hydrogen (secondary N) is 2. The maximum atomic E-state index is 12.4. The van der Waals surface area contributed by atoms with Gasteiger partial charge in [0.05, 0.1) is 24.6 Å². The third-order valence-electron chi connectivity index (χ3n) is 4.72. The number of anilines is 1. The number of ether oxygens (including phenoxy) is 1. The van der Waals surface area contributed by atoms with Gasteiger partial charge in [-0.1, -0.05) is 32.6 Å². The van der Waals surface area contributed by atoms with Crippen LogP contribution in [0.25, 0.3) is 5.69 Å². The Hall–Kier alpha value is -3.77. The van der Waals surface area contributed by atoms with Gasteiger partial charge in [0.25, 0.3) is 5.56 Å². The maximum absolute atomic E-state index is 12.4. The van der Waals surface area contributed by atoms with E-state index >= 15 is 0 Å². The topological polar surface area (TPSA) is 110 Å². The quantitative estimate of drug-likeness (QED) is 0.573. The summed E-state index contributed by atoms with van der Waals surface area (Å²) in [4.78, 5) is 26.1. The van der Waals surface area contributed by atoms with Crippen LogP contribution < -0.4 is 20.7 Å². The van der Waals surface area contributed by atoms with Gasteiger partial charge in [0.1, 0.15) is 5.75 Å². The zero-order valence-electron chi connectivity index (χ0n) is 19.0. The van der Waals surface area contributed by atoms with Crippen LogP contribution in [0.1, 0.15) is 37.5 Å². The summed E-state index contributed by atoms with van der Waals surface area (Å²) < 4.78 is 32.2. The summed E-state index contributed by atoms with van der Waals surface area (Å²) in [6.07, 6.45) is 2.50. The Balaban J connectivity index is 2.13. The maximum Gasteiger partial charge on any atom is 0.332 e. The van der Waals surface area contributed by atoms with Gasteiger partial charge in [-0.2, -0.15) is 0 Å². The Bertz CT molecular complexity index is 1470. The first kappa shape index (κ1) is 23.9. The smallest absolute Gasteiger partial charge is 0.332 e. The van der Waals surface area contributed by atoms with Crippen molar-refractivity contribution in [3.63, 3.8) is 0 Å². The van der Waals surface area contributed by atoms with Gasteiger partial charge in [-0.15, -0.1) is 0 Å². The molecule has 1 heterocycles. The van der Waals surface area contributed by atoms with Crippen molar-refractivity contribution in [2.24, 2.45) is 0 Å². The SMILES string of the molecule is COc1c(C#Cc2ccc(NS(C)(=O)=O)cc2)cc(-n2ccc(=O)[nH]c2=O)cc1C(C)(C)C. The highest BCUT2D eigenvalue weighted by atomic mass is 32.2. The minimum atomic E-state index is -3.36. The molecule has 0 radical (unpaired) electrons. The van der Waals surface area contributed by atoms with E-state index in [1.54, 1.807) is 37.4 Å². The summed E-state index contributed by atoms with van der Waals surface area (Å²) in [6, 6.07) is 11.5. The van der Waals surface area contributed by atoms with Gasteiger partial charge in [0.2, 0.25) is 10.0 Å². The molecule has 3 rings (SSSR count). The van der Waals surface area contributed by atoms with Crippen LogP contribution in [0.3, 0.4) is 0 Å². The van der Waals surface area contributed by atoms with Crippen molar-refractivity contribution < 1.29 is 13.2 Å². The Morgan fingerprint density at radius 2 is 1.70 bits per heavy atom. The van der Waals surface area contributed by atoms with E-state index in [9.17, 15) is 18.0 Å². The van der Waals surface area contributed by atoms with Crippen LogP contribution in [-0.2, 0) is 15.4 Å². The molecule has 33 heavy (non-hydrogen) atoms. The predicted molar refractivity (Wildman–Crippen MR) is 129 cm³/mol. The van der Waals surface area contributed by atoms with E-state index in [0.717, 1.165) is 11.8 Å². The van der Waals surface area contributed by atoms with Gasteiger partial charge in [-0.25, -0.2) is 13.2 Å². The number of hydrogen-bond donors (Lipinski definition) is 2. The highest BCUT2D eigenvalue weighted by Crippen LogP contribution is 2.35. The van der Waals surface area contributed by atoms with Crippen molar-refractivity contribution in [3.8, 4) is 23.3 Å². The van der Waals surface area contributed by atoms with Crippen LogP contribution in [0.4, 0.5) is 5.69 Å². The van der Waals surface area contributed by atoms with Gasteiger partial charge in [0, 0.05) is 29.1 Å². The second-order valence-electron chi connectivity index (χ2n) is 8.51. The van der Waals surface area contributed by atoms with Crippen LogP contribution in [-0.4, -0.2) is 31.3 Å². The Morgan fingerprint density at radius 1 is 1.03 bits per heavy atom. The molecule has 2 N–H and O–H groups in total. The fourth-order valence-corrected chi connectivity index (χ4v) is 3.78. The van der Waals surface area contributed by atoms with Gasteiger partial charge in [0.15, 0.2) is 0 Å². The molecule has 1 aromatic heterocycles. The lowest BCUT2D eigenvalue weighted by atomic mass is 9.84. The first-order valence-electron chi connectivity index (χ1n) is 10.0. The molecule has 0 saturated carbocycles. The molecule has 0 unspecified atom stereocenters. The van der Waals surface area contributed by atoms with Crippen molar-refractivity contribution in [1.82, 2.24) is 9.55 Å². The first-order chi connectivity index (χ1) is 15.4.